The van der Waals surface area contributed by atoms with Crippen LogP contribution >= 0.6 is 0 Å². The van der Waals surface area contributed by atoms with Gasteiger partial charge in [0.15, 0.2) is 29.1 Å². The van der Waals surface area contributed by atoms with Crippen molar-refractivity contribution in [3.63, 3.8) is 0 Å². The smallest absolute Gasteiger partial charge is 0.194 e. The zero-order valence-corrected chi connectivity index (χ0v) is 9.48. The van der Waals surface area contributed by atoms with Gasteiger partial charge in [-0.15, -0.1) is 0 Å². The summed E-state index contributed by atoms with van der Waals surface area (Å²) in [4.78, 5) is 0. The Balaban J connectivity index is 2.12. The predicted molar refractivity (Wildman–Crippen MR) is 60.0 cm³/mol. The lowest BCUT2D eigenvalue weighted by molar-refractivity contribution is 0.445. The second-order valence-electron chi connectivity index (χ2n) is 3.86. The first-order valence-corrected chi connectivity index (χ1v) is 5.29. The summed E-state index contributed by atoms with van der Waals surface area (Å²) in [5.74, 6) is -6.19. The molecule has 0 radical (unpaired) electrons. The molecule has 0 fully saturated rings. The molecule has 0 spiro atoms. The van der Waals surface area contributed by atoms with Crippen molar-refractivity contribution in [2.45, 2.75) is 6.54 Å². The van der Waals surface area contributed by atoms with E-state index in [0.717, 1.165) is 24.3 Å². The number of halogens is 5. The molecule has 2 aromatic carbocycles. The molecule has 6 heteroatoms. The topological polar surface area (TPSA) is 12.0 Å². The van der Waals surface area contributed by atoms with Crippen LogP contribution in [0.1, 0.15) is 5.56 Å². The van der Waals surface area contributed by atoms with Crippen molar-refractivity contribution in [2.24, 2.45) is 0 Å². The molecular formula is C13H8F5N. The fourth-order valence-corrected chi connectivity index (χ4v) is 1.52. The Morgan fingerprint density at radius 3 is 1.95 bits per heavy atom. The summed E-state index contributed by atoms with van der Waals surface area (Å²) in [5, 5.41) is 2.64. The summed E-state index contributed by atoms with van der Waals surface area (Å²) in [7, 11) is 0. The van der Waals surface area contributed by atoms with E-state index in [0.29, 0.717) is 0 Å². The Labute approximate surface area is 105 Å². The molecule has 0 saturated carbocycles. The highest BCUT2D eigenvalue weighted by molar-refractivity contribution is 5.44. The molecule has 0 aliphatic rings. The van der Waals surface area contributed by atoms with E-state index in [2.05, 4.69) is 5.32 Å². The average Bonchev–Trinajstić information content (AvgIpc) is 2.37. The first-order chi connectivity index (χ1) is 8.97. The number of nitrogens with one attached hydrogen (secondary N) is 1. The third kappa shape index (κ3) is 3.01. The minimum Gasteiger partial charge on any atom is -0.381 e. The van der Waals surface area contributed by atoms with E-state index < -0.39 is 29.1 Å². The molecule has 0 unspecified atom stereocenters. The lowest BCUT2D eigenvalue weighted by Gasteiger charge is -2.07. The monoisotopic (exact) mass is 273 g/mol. The molecule has 0 aliphatic heterocycles. The molecule has 2 aromatic rings. The highest BCUT2D eigenvalue weighted by Crippen LogP contribution is 2.17. The largest absolute Gasteiger partial charge is 0.381 e. The van der Waals surface area contributed by atoms with Crippen molar-refractivity contribution in [3.05, 3.63) is 65.0 Å². The number of rotatable bonds is 3. The van der Waals surface area contributed by atoms with Gasteiger partial charge in [-0.2, -0.15) is 0 Å². The summed E-state index contributed by atoms with van der Waals surface area (Å²) < 4.78 is 64.1. The van der Waals surface area contributed by atoms with Gasteiger partial charge in [-0.25, -0.2) is 22.0 Å². The maximum atomic E-state index is 12.9. The SMILES string of the molecule is Fc1ccc(NCc2cc(F)c(F)c(F)c2)cc1F. The summed E-state index contributed by atoms with van der Waals surface area (Å²) in [5.41, 5.74) is 0.380. The quantitative estimate of drug-likeness (QED) is 0.658. The van der Waals surface area contributed by atoms with E-state index >= 15 is 0 Å². The third-order valence-electron chi connectivity index (χ3n) is 2.46. The van der Waals surface area contributed by atoms with Gasteiger partial charge >= 0.3 is 0 Å². The lowest BCUT2D eigenvalue weighted by Crippen LogP contribution is -2.03. The molecule has 1 N–H and O–H groups in total. The van der Waals surface area contributed by atoms with Gasteiger partial charge < -0.3 is 5.32 Å². The van der Waals surface area contributed by atoms with E-state index in [4.69, 9.17) is 0 Å². The third-order valence-corrected chi connectivity index (χ3v) is 2.46. The predicted octanol–water partition coefficient (Wildman–Crippen LogP) is 3.99. The molecule has 2 rings (SSSR count). The molecule has 0 amide bonds. The zero-order chi connectivity index (χ0) is 14.0. The fourth-order valence-electron chi connectivity index (χ4n) is 1.52. The Bertz CT molecular complexity index is 589. The van der Waals surface area contributed by atoms with Crippen molar-refractivity contribution in [1.29, 1.82) is 0 Å². The van der Waals surface area contributed by atoms with Crippen molar-refractivity contribution >= 4 is 5.69 Å². The summed E-state index contributed by atoms with van der Waals surface area (Å²) >= 11 is 0. The summed E-state index contributed by atoms with van der Waals surface area (Å²) in [6.45, 7) is -0.0564. The van der Waals surface area contributed by atoms with Crippen LogP contribution in [-0.2, 0) is 6.54 Å². The highest BCUT2D eigenvalue weighted by atomic mass is 19.2. The van der Waals surface area contributed by atoms with Crippen LogP contribution in [0.2, 0.25) is 0 Å². The van der Waals surface area contributed by atoms with Crippen molar-refractivity contribution in [3.8, 4) is 0 Å². The van der Waals surface area contributed by atoms with Gasteiger partial charge in [0.05, 0.1) is 0 Å². The van der Waals surface area contributed by atoms with E-state index in [-0.39, 0.29) is 17.8 Å². The molecule has 0 aromatic heterocycles. The maximum absolute atomic E-state index is 12.9. The van der Waals surface area contributed by atoms with E-state index in [1.54, 1.807) is 0 Å². The minimum atomic E-state index is -1.54. The lowest BCUT2D eigenvalue weighted by atomic mass is 10.2. The van der Waals surface area contributed by atoms with Crippen LogP contribution in [0.3, 0.4) is 0 Å². The van der Waals surface area contributed by atoms with Gasteiger partial charge in [0.1, 0.15) is 0 Å². The Morgan fingerprint density at radius 1 is 0.737 bits per heavy atom. The van der Waals surface area contributed by atoms with Crippen LogP contribution in [0.25, 0.3) is 0 Å². The average molecular weight is 273 g/mol. The number of hydrogen-bond donors (Lipinski definition) is 1. The number of hydrogen-bond acceptors (Lipinski definition) is 1. The minimum absolute atomic E-state index is 0.0564. The normalized spacial score (nSPS) is 10.6. The van der Waals surface area contributed by atoms with Gasteiger partial charge in [0.25, 0.3) is 0 Å². The summed E-state index contributed by atoms with van der Waals surface area (Å²) in [6, 6.07) is 4.75. The van der Waals surface area contributed by atoms with Crippen LogP contribution < -0.4 is 5.32 Å². The molecular weight excluding hydrogens is 265 g/mol. The fraction of sp³-hybridized carbons (Fsp3) is 0.0769. The molecule has 100 valence electrons. The Morgan fingerprint density at radius 2 is 1.37 bits per heavy atom. The zero-order valence-electron chi connectivity index (χ0n) is 9.48. The van der Waals surface area contributed by atoms with E-state index in [9.17, 15) is 22.0 Å². The van der Waals surface area contributed by atoms with Gasteiger partial charge in [0, 0.05) is 18.3 Å². The highest BCUT2D eigenvalue weighted by Gasteiger charge is 2.10. The Kier molecular flexibility index (Phi) is 3.69. The first-order valence-electron chi connectivity index (χ1n) is 5.29. The first kappa shape index (κ1) is 13.3. The van der Waals surface area contributed by atoms with E-state index in [1.165, 1.54) is 6.07 Å². The molecule has 0 bridgehead atoms. The van der Waals surface area contributed by atoms with Crippen LogP contribution in [0.5, 0.6) is 0 Å². The van der Waals surface area contributed by atoms with Crippen LogP contribution in [0, 0.1) is 29.1 Å². The maximum Gasteiger partial charge on any atom is 0.194 e. The van der Waals surface area contributed by atoms with Crippen molar-refractivity contribution in [1.82, 2.24) is 0 Å². The van der Waals surface area contributed by atoms with Crippen molar-refractivity contribution in [2.75, 3.05) is 5.32 Å². The second kappa shape index (κ2) is 5.26. The standard InChI is InChI=1S/C13H8F5N/c14-9-2-1-8(5-10(9)15)19-6-7-3-11(16)13(18)12(17)4-7/h1-5,19H,6H2. The summed E-state index contributed by atoms with van der Waals surface area (Å²) in [6.07, 6.45) is 0. The van der Waals surface area contributed by atoms with Gasteiger partial charge in [-0.1, -0.05) is 0 Å². The van der Waals surface area contributed by atoms with Crippen LogP contribution in [0.15, 0.2) is 30.3 Å². The molecule has 1 nitrogen and oxygen atoms in total. The molecule has 0 aliphatic carbocycles. The molecule has 19 heavy (non-hydrogen) atoms. The van der Waals surface area contributed by atoms with E-state index in [1.807, 2.05) is 0 Å². The molecule has 0 heterocycles. The van der Waals surface area contributed by atoms with Gasteiger partial charge in [0.2, 0.25) is 0 Å². The van der Waals surface area contributed by atoms with Crippen LogP contribution in [0.4, 0.5) is 27.6 Å². The number of benzene rings is 2. The van der Waals surface area contributed by atoms with Gasteiger partial charge in [-0.05, 0) is 29.8 Å². The van der Waals surface area contributed by atoms with Crippen LogP contribution in [-0.4, -0.2) is 0 Å². The number of anilines is 1. The molecule has 0 saturated heterocycles. The Hall–Kier alpha value is -2.11. The molecule has 0 atom stereocenters. The van der Waals surface area contributed by atoms with Gasteiger partial charge in [-0.3, -0.25) is 0 Å². The second-order valence-corrected chi connectivity index (χ2v) is 3.86. The van der Waals surface area contributed by atoms with Crippen molar-refractivity contribution < 1.29 is 22.0 Å².